The van der Waals surface area contributed by atoms with Crippen molar-refractivity contribution in [3.8, 4) is 11.3 Å². The highest BCUT2D eigenvalue weighted by atomic mass is 15.4. The van der Waals surface area contributed by atoms with Crippen molar-refractivity contribution in [1.82, 2.24) is 24.8 Å². The molecular weight excluding hydrogens is 348 g/mol. The number of hydrogen-bond acceptors (Lipinski definition) is 5. The second-order valence-corrected chi connectivity index (χ2v) is 6.64. The van der Waals surface area contributed by atoms with Crippen LogP contribution in [0.3, 0.4) is 0 Å². The van der Waals surface area contributed by atoms with Crippen molar-refractivity contribution in [2.24, 2.45) is 0 Å². The minimum Gasteiger partial charge on any atom is -0.388 e. The number of rotatable bonds is 4. The molecule has 0 bridgehead atoms. The summed E-state index contributed by atoms with van der Waals surface area (Å²) in [5.74, 6) is 0.812. The van der Waals surface area contributed by atoms with E-state index in [2.05, 4.69) is 50.8 Å². The fourth-order valence-corrected chi connectivity index (χ4v) is 3.32. The zero-order valence-corrected chi connectivity index (χ0v) is 15.4. The highest BCUT2D eigenvalue weighted by Crippen LogP contribution is 2.21. The summed E-state index contributed by atoms with van der Waals surface area (Å²) in [4.78, 5) is 4.38. The third-order valence-electron chi connectivity index (χ3n) is 4.83. The van der Waals surface area contributed by atoms with Gasteiger partial charge in [0.25, 0.3) is 0 Å². The fraction of sp³-hybridized carbons (Fsp3) is 0.0909. The predicted octanol–water partition coefficient (Wildman–Crippen LogP) is 3.97. The highest BCUT2D eigenvalue weighted by Gasteiger charge is 2.10. The molecule has 0 spiro atoms. The van der Waals surface area contributed by atoms with Crippen LogP contribution < -0.4 is 5.32 Å². The molecule has 1 N–H and O–H groups in total. The largest absolute Gasteiger partial charge is 0.388 e. The molecule has 5 rings (SSSR count). The van der Waals surface area contributed by atoms with Crippen LogP contribution in [0.4, 0.5) is 5.69 Å². The Morgan fingerprint density at radius 3 is 2.68 bits per heavy atom. The van der Waals surface area contributed by atoms with Crippen LogP contribution >= 0.6 is 0 Å². The lowest BCUT2D eigenvalue weighted by atomic mass is 10.1. The maximum atomic E-state index is 4.78. The number of anilines is 1. The average molecular weight is 366 g/mol. The van der Waals surface area contributed by atoms with Crippen LogP contribution in [0.25, 0.3) is 27.8 Å². The predicted molar refractivity (Wildman–Crippen MR) is 110 cm³/mol. The first-order valence-corrected chi connectivity index (χ1v) is 9.13. The van der Waals surface area contributed by atoms with E-state index in [1.54, 1.807) is 0 Å². The molecule has 136 valence electrons. The second kappa shape index (κ2) is 6.74. The van der Waals surface area contributed by atoms with Crippen LogP contribution in [-0.2, 0) is 6.42 Å². The first kappa shape index (κ1) is 16.4. The van der Waals surface area contributed by atoms with E-state index in [4.69, 9.17) is 5.10 Å². The van der Waals surface area contributed by atoms with Gasteiger partial charge in [-0.2, -0.15) is 9.61 Å². The fourth-order valence-electron chi connectivity index (χ4n) is 3.32. The highest BCUT2D eigenvalue weighted by molar-refractivity contribution is 5.79. The average Bonchev–Trinajstić information content (AvgIpc) is 3.16. The number of nitrogens with one attached hydrogen (secondary N) is 1. The van der Waals surface area contributed by atoms with Gasteiger partial charge in [0.1, 0.15) is 0 Å². The molecule has 6 heteroatoms. The van der Waals surface area contributed by atoms with Crippen molar-refractivity contribution in [3.63, 3.8) is 0 Å². The van der Waals surface area contributed by atoms with E-state index in [0.717, 1.165) is 44.9 Å². The Morgan fingerprint density at radius 1 is 0.929 bits per heavy atom. The molecule has 2 aromatic carbocycles. The number of fused-ring (bicyclic) bond motifs is 2. The summed E-state index contributed by atoms with van der Waals surface area (Å²) < 4.78 is 1.83. The number of hydrogen-bond donors (Lipinski definition) is 1. The molecule has 0 fully saturated rings. The third-order valence-corrected chi connectivity index (χ3v) is 4.83. The van der Waals surface area contributed by atoms with Gasteiger partial charge >= 0.3 is 0 Å². The summed E-state index contributed by atoms with van der Waals surface area (Å²) in [6.45, 7) is 0. The maximum absolute atomic E-state index is 4.78. The standard InChI is InChI=1S/C22H18N6/c1-23-18-7-5-16(6-8-18)20-10-11-21-25-26-22(28(21)27-20)14-15-4-9-19-17(13-15)3-2-12-24-19/h2-13,23H,14H2,1H3. The van der Waals surface area contributed by atoms with Crippen molar-refractivity contribution in [2.45, 2.75) is 6.42 Å². The van der Waals surface area contributed by atoms with Crippen LogP contribution in [0.15, 0.2) is 72.9 Å². The van der Waals surface area contributed by atoms with Gasteiger partial charge in [-0.05, 0) is 48.0 Å². The van der Waals surface area contributed by atoms with Gasteiger partial charge in [0.2, 0.25) is 0 Å². The summed E-state index contributed by atoms with van der Waals surface area (Å²) in [5, 5.41) is 17.7. The van der Waals surface area contributed by atoms with Gasteiger partial charge < -0.3 is 5.32 Å². The van der Waals surface area contributed by atoms with E-state index >= 15 is 0 Å². The van der Waals surface area contributed by atoms with Crippen molar-refractivity contribution < 1.29 is 0 Å². The lowest BCUT2D eigenvalue weighted by molar-refractivity contribution is 0.842. The minimum absolute atomic E-state index is 0.654. The molecule has 6 nitrogen and oxygen atoms in total. The van der Waals surface area contributed by atoms with Gasteiger partial charge in [-0.3, -0.25) is 4.98 Å². The quantitative estimate of drug-likeness (QED) is 0.521. The van der Waals surface area contributed by atoms with Crippen LogP contribution in [0, 0.1) is 0 Å². The topological polar surface area (TPSA) is 68.0 Å². The van der Waals surface area contributed by atoms with Crippen molar-refractivity contribution in [3.05, 3.63) is 84.3 Å². The van der Waals surface area contributed by atoms with E-state index < -0.39 is 0 Å². The van der Waals surface area contributed by atoms with Gasteiger partial charge in [0, 0.05) is 36.3 Å². The van der Waals surface area contributed by atoms with E-state index in [9.17, 15) is 0 Å². The smallest absolute Gasteiger partial charge is 0.177 e. The van der Waals surface area contributed by atoms with Gasteiger partial charge in [-0.1, -0.05) is 24.3 Å². The molecule has 0 unspecified atom stereocenters. The molecule has 5 aromatic rings. The number of benzene rings is 2. The molecule has 0 aliphatic carbocycles. The maximum Gasteiger partial charge on any atom is 0.177 e. The SMILES string of the molecule is CNc1ccc(-c2ccc3nnc(Cc4ccc5ncccc5c4)n3n2)cc1. The van der Waals surface area contributed by atoms with E-state index in [0.29, 0.717) is 6.42 Å². The molecule has 3 heterocycles. The normalized spacial score (nSPS) is 11.2. The molecule has 3 aromatic heterocycles. The van der Waals surface area contributed by atoms with E-state index in [-0.39, 0.29) is 0 Å². The number of aromatic nitrogens is 5. The van der Waals surface area contributed by atoms with Crippen molar-refractivity contribution in [2.75, 3.05) is 12.4 Å². The Bertz CT molecular complexity index is 1270. The summed E-state index contributed by atoms with van der Waals surface area (Å²) in [6, 6.07) is 22.4. The molecule has 0 radical (unpaired) electrons. The van der Waals surface area contributed by atoms with Crippen LogP contribution in [-0.4, -0.2) is 31.8 Å². The summed E-state index contributed by atoms with van der Waals surface area (Å²) in [5.41, 5.74) is 5.90. The third kappa shape index (κ3) is 2.95. The lowest BCUT2D eigenvalue weighted by Crippen LogP contribution is -2.01. The molecule has 0 atom stereocenters. The Kier molecular flexibility index (Phi) is 3.94. The molecule has 0 saturated carbocycles. The van der Waals surface area contributed by atoms with Gasteiger partial charge in [-0.15, -0.1) is 10.2 Å². The second-order valence-electron chi connectivity index (χ2n) is 6.64. The van der Waals surface area contributed by atoms with Gasteiger partial charge in [0.15, 0.2) is 11.5 Å². The van der Waals surface area contributed by atoms with E-state index in [1.807, 2.05) is 54.2 Å². The molecule has 0 amide bonds. The van der Waals surface area contributed by atoms with Gasteiger partial charge in [0.05, 0.1) is 11.2 Å². The Balaban J connectivity index is 1.51. The molecule has 28 heavy (non-hydrogen) atoms. The summed E-state index contributed by atoms with van der Waals surface area (Å²) in [7, 11) is 1.91. The number of pyridine rings is 1. The molecular formula is C22H18N6. The van der Waals surface area contributed by atoms with Crippen LogP contribution in [0.2, 0.25) is 0 Å². The lowest BCUT2D eigenvalue weighted by Gasteiger charge is -2.05. The summed E-state index contributed by atoms with van der Waals surface area (Å²) >= 11 is 0. The molecule has 0 saturated heterocycles. The zero-order chi connectivity index (χ0) is 18.9. The molecule has 0 aliphatic rings. The Morgan fingerprint density at radius 2 is 1.82 bits per heavy atom. The van der Waals surface area contributed by atoms with Crippen molar-refractivity contribution >= 4 is 22.2 Å². The Hall–Kier alpha value is -3.80. The van der Waals surface area contributed by atoms with E-state index in [1.165, 1.54) is 0 Å². The zero-order valence-electron chi connectivity index (χ0n) is 15.4. The minimum atomic E-state index is 0.654. The monoisotopic (exact) mass is 366 g/mol. The van der Waals surface area contributed by atoms with Crippen molar-refractivity contribution in [1.29, 1.82) is 0 Å². The first-order chi connectivity index (χ1) is 13.8. The van der Waals surface area contributed by atoms with Crippen LogP contribution in [0.1, 0.15) is 11.4 Å². The van der Waals surface area contributed by atoms with Crippen LogP contribution in [0.5, 0.6) is 0 Å². The first-order valence-electron chi connectivity index (χ1n) is 9.13. The number of nitrogens with zero attached hydrogens (tertiary/aromatic N) is 5. The molecule has 0 aliphatic heterocycles. The van der Waals surface area contributed by atoms with Gasteiger partial charge in [-0.25, -0.2) is 0 Å². The Labute approximate surface area is 161 Å². The summed E-state index contributed by atoms with van der Waals surface area (Å²) in [6.07, 6.45) is 2.46.